The second-order valence-electron chi connectivity index (χ2n) is 10.2. The molecule has 1 fully saturated rings. The highest BCUT2D eigenvalue weighted by molar-refractivity contribution is 7.92. The molecule has 1 N–H and O–H groups in total. The summed E-state index contributed by atoms with van der Waals surface area (Å²) >= 11 is 12.4. The van der Waals surface area contributed by atoms with E-state index in [0.717, 1.165) is 30.0 Å². The summed E-state index contributed by atoms with van der Waals surface area (Å²) in [5.74, 6) is -0.378. The highest BCUT2D eigenvalue weighted by Gasteiger charge is 2.34. The normalized spacial score (nSPS) is 14.3. The third-order valence-electron chi connectivity index (χ3n) is 7.38. The number of sulfonamides is 1. The summed E-state index contributed by atoms with van der Waals surface area (Å²) in [6, 6.07) is 18.6. The van der Waals surface area contributed by atoms with Crippen LogP contribution in [-0.2, 0) is 26.2 Å². The molecule has 1 atom stereocenters. The maximum Gasteiger partial charge on any atom is 0.264 e. The number of hydrogen-bond donors (Lipinski definition) is 1. The lowest BCUT2D eigenvalue weighted by molar-refractivity contribution is -0.140. The number of ether oxygens (including phenoxy) is 1. The Hall–Kier alpha value is -3.27. The molecule has 0 heterocycles. The minimum Gasteiger partial charge on any atom is -0.497 e. The largest absolute Gasteiger partial charge is 0.497 e. The molecular weight excluding hydrogens is 597 g/mol. The third kappa shape index (κ3) is 7.56. The van der Waals surface area contributed by atoms with Crippen LogP contribution >= 0.6 is 23.2 Å². The van der Waals surface area contributed by atoms with Crippen molar-refractivity contribution >= 4 is 50.7 Å². The van der Waals surface area contributed by atoms with Crippen LogP contribution in [0.4, 0.5) is 5.69 Å². The van der Waals surface area contributed by atoms with Gasteiger partial charge in [0.25, 0.3) is 10.0 Å². The minimum atomic E-state index is -4.17. The van der Waals surface area contributed by atoms with Crippen LogP contribution in [0, 0.1) is 0 Å². The summed E-state index contributed by atoms with van der Waals surface area (Å²) in [4.78, 5) is 29.2. The summed E-state index contributed by atoms with van der Waals surface area (Å²) in [5.41, 5.74) is 0.910. The first-order valence-electron chi connectivity index (χ1n) is 13.9. The van der Waals surface area contributed by atoms with Gasteiger partial charge in [0.15, 0.2) is 0 Å². The molecule has 11 heteroatoms. The predicted molar refractivity (Wildman–Crippen MR) is 165 cm³/mol. The second-order valence-corrected chi connectivity index (χ2v) is 12.9. The Morgan fingerprint density at radius 2 is 1.69 bits per heavy atom. The average Bonchev–Trinajstić information content (AvgIpc) is 3.51. The number of benzene rings is 3. The van der Waals surface area contributed by atoms with Gasteiger partial charge in [0, 0.05) is 18.7 Å². The number of nitrogens with zero attached hydrogens (tertiary/aromatic N) is 2. The van der Waals surface area contributed by atoms with Crippen LogP contribution in [0.5, 0.6) is 5.75 Å². The Bertz CT molecular complexity index is 1500. The first-order valence-corrected chi connectivity index (χ1v) is 16.1. The van der Waals surface area contributed by atoms with Crippen molar-refractivity contribution in [2.24, 2.45) is 0 Å². The number of halogens is 2. The van der Waals surface area contributed by atoms with Crippen LogP contribution in [-0.4, -0.2) is 50.9 Å². The molecule has 1 unspecified atom stereocenters. The number of methoxy groups -OCH3 is 1. The SMILES string of the molecule is CCC(C(=O)NC1CCCC1)N(Cc1ccc(Cl)c(Cl)c1)C(=O)CN(c1cccc(OC)c1)S(=O)(=O)c1ccccc1. The number of hydrogen-bond acceptors (Lipinski definition) is 5. The number of anilines is 1. The molecule has 8 nitrogen and oxygen atoms in total. The topological polar surface area (TPSA) is 96.0 Å². The summed E-state index contributed by atoms with van der Waals surface area (Å²) in [5, 5.41) is 3.78. The monoisotopic (exact) mass is 631 g/mol. The Kier molecular flexibility index (Phi) is 10.8. The molecule has 1 aliphatic rings. The fourth-order valence-corrected chi connectivity index (χ4v) is 6.88. The molecule has 0 radical (unpaired) electrons. The van der Waals surface area contributed by atoms with E-state index in [1.165, 1.54) is 24.1 Å². The lowest BCUT2D eigenvalue weighted by Gasteiger charge is -2.34. The molecule has 3 aromatic rings. The Labute approximate surface area is 257 Å². The van der Waals surface area contributed by atoms with Crippen molar-refractivity contribution in [3.05, 3.63) is 88.4 Å². The van der Waals surface area contributed by atoms with E-state index in [4.69, 9.17) is 27.9 Å². The molecule has 0 bridgehead atoms. The van der Waals surface area contributed by atoms with E-state index in [9.17, 15) is 18.0 Å². The smallest absolute Gasteiger partial charge is 0.264 e. The molecular formula is C31H35Cl2N3O5S. The minimum absolute atomic E-state index is 0.0303. The van der Waals surface area contributed by atoms with Crippen LogP contribution in [0.1, 0.15) is 44.6 Å². The number of carbonyl (C=O) groups excluding carboxylic acids is 2. The van der Waals surface area contributed by atoms with Crippen molar-refractivity contribution < 1.29 is 22.7 Å². The second kappa shape index (κ2) is 14.3. The summed E-state index contributed by atoms with van der Waals surface area (Å²) in [6.07, 6.45) is 4.20. The standard InChI is InChI=1S/C31H35Cl2N3O5S/c1-3-29(31(38)34-23-10-7-8-11-23)35(20-22-16-17-27(32)28(33)18-22)30(37)21-36(24-12-9-13-25(19-24)41-2)42(39,40)26-14-5-4-6-15-26/h4-6,9,12-19,23,29H,3,7-8,10-11,20-21H2,1-2H3,(H,34,38). The van der Waals surface area contributed by atoms with Crippen molar-refractivity contribution in [1.82, 2.24) is 10.2 Å². The molecule has 224 valence electrons. The summed E-state index contributed by atoms with van der Waals surface area (Å²) < 4.78 is 34.3. The molecule has 3 aromatic carbocycles. The third-order valence-corrected chi connectivity index (χ3v) is 9.90. The number of carbonyl (C=O) groups is 2. The maximum absolute atomic E-state index is 14.2. The van der Waals surface area contributed by atoms with Crippen LogP contribution < -0.4 is 14.4 Å². The van der Waals surface area contributed by atoms with Gasteiger partial charge in [-0.3, -0.25) is 13.9 Å². The lowest BCUT2D eigenvalue weighted by atomic mass is 10.1. The molecule has 2 amide bonds. The fraction of sp³-hybridized carbons (Fsp3) is 0.355. The van der Waals surface area contributed by atoms with Gasteiger partial charge < -0.3 is 15.0 Å². The van der Waals surface area contributed by atoms with Crippen molar-refractivity contribution in [1.29, 1.82) is 0 Å². The van der Waals surface area contributed by atoms with E-state index in [0.29, 0.717) is 27.8 Å². The lowest BCUT2D eigenvalue weighted by Crippen LogP contribution is -2.53. The van der Waals surface area contributed by atoms with E-state index in [-0.39, 0.29) is 29.1 Å². The van der Waals surface area contributed by atoms with Gasteiger partial charge in [-0.05, 0) is 61.2 Å². The van der Waals surface area contributed by atoms with Crippen LogP contribution in [0.2, 0.25) is 10.0 Å². The molecule has 1 aliphatic carbocycles. The van der Waals surface area contributed by atoms with Gasteiger partial charge in [-0.2, -0.15) is 0 Å². The zero-order chi connectivity index (χ0) is 30.3. The van der Waals surface area contributed by atoms with Gasteiger partial charge in [0.2, 0.25) is 11.8 Å². The molecule has 1 saturated carbocycles. The van der Waals surface area contributed by atoms with Crippen LogP contribution in [0.25, 0.3) is 0 Å². The Balaban J connectivity index is 1.73. The average molecular weight is 633 g/mol. The first-order chi connectivity index (χ1) is 20.1. The van der Waals surface area contributed by atoms with E-state index < -0.39 is 28.5 Å². The van der Waals surface area contributed by atoms with Gasteiger partial charge >= 0.3 is 0 Å². The highest BCUT2D eigenvalue weighted by Crippen LogP contribution is 2.29. The maximum atomic E-state index is 14.2. The number of rotatable bonds is 12. The Morgan fingerprint density at radius 3 is 2.33 bits per heavy atom. The molecule has 0 spiro atoms. The zero-order valence-corrected chi connectivity index (χ0v) is 26.0. The summed E-state index contributed by atoms with van der Waals surface area (Å²) in [7, 11) is -2.69. The van der Waals surface area contributed by atoms with Crippen molar-refractivity contribution in [3.63, 3.8) is 0 Å². The quantitative estimate of drug-likeness (QED) is 0.262. The van der Waals surface area contributed by atoms with Gasteiger partial charge in [0.1, 0.15) is 18.3 Å². The van der Waals surface area contributed by atoms with Crippen LogP contribution in [0.15, 0.2) is 77.7 Å². The van der Waals surface area contributed by atoms with Gasteiger partial charge in [-0.15, -0.1) is 0 Å². The van der Waals surface area contributed by atoms with Gasteiger partial charge in [0.05, 0.1) is 27.7 Å². The van der Waals surface area contributed by atoms with Crippen molar-refractivity contribution in [3.8, 4) is 5.75 Å². The summed E-state index contributed by atoms with van der Waals surface area (Å²) in [6.45, 7) is 1.32. The van der Waals surface area contributed by atoms with Crippen molar-refractivity contribution in [2.45, 2.75) is 62.6 Å². The van der Waals surface area contributed by atoms with Crippen LogP contribution in [0.3, 0.4) is 0 Å². The van der Waals surface area contributed by atoms with Crippen molar-refractivity contribution in [2.75, 3.05) is 18.0 Å². The highest BCUT2D eigenvalue weighted by atomic mass is 35.5. The molecule has 0 aliphatic heterocycles. The van der Waals surface area contributed by atoms with E-state index >= 15 is 0 Å². The predicted octanol–water partition coefficient (Wildman–Crippen LogP) is 6.06. The van der Waals surface area contributed by atoms with E-state index in [1.54, 1.807) is 60.7 Å². The number of nitrogens with one attached hydrogen (secondary N) is 1. The fourth-order valence-electron chi connectivity index (χ4n) is 5.14. The number of amides is 2. The molecule has 4 rings (SSSR count). The van der Waals surface area contributed by atoms with Gasteiger partial charge in [-0.1, -0.05) is 73.3 Å². The Morgan fingerprint density at radius 1 is 0.976 bits per heavy atom. The zero-order valence-electron chi connectivity index (χ0n) is 23.6. The molecule has 0 saturated heterocycles. The van der Waals surface area contributed by atoms with E-state index in [2.05, 4.69) is 5.32 Å². The molecule has 0 aromatic heterocycles. The first kappa shape index (κ1) is 31.7. The van der Waals surface area contributed by atoms with E-state index in [1.807, 2.05) is 6.92 Å². The van der Waals surface area contributed by atoms with Gasteiger partial charge in [-0.25, -0.2) is 8.42 Å². The molecule has 42 heavy (non-hydrogen) atoms.